The van der Waals surface area contributed by atoms with Crippen molar-refractivity contribution in [2.75, 3.05) is 25.9 Å². The predicted molar refractivity (Wildman–Crippen MR) is 46.3 cm³/mol. The van der Waals surface area contributed by atoms with E-state index in [0.29, 0.717) is 0 Å². The Labute approximate surface area is 67.0 Å². The number of carbonyl (C=O) groups is 1. The standard InChI is InChI=1S/C7H15NOS/c1-4-8(3)5-6-10-7(2)9/h4-6H2,1-3H3. The van der Waals surface area contributed by atoms with Gasteiger partial charge in [0.15, 0.2) is 5.12 Å². The summed E-state index contributed by atoms with van der Waals surface area (Å²) in [4.78, 5) is 12.6. The number of hydrogen-bond acceptors (Lipinski definition) is 3. The summed E-state index contributed by atoms with van der Waals surface area (Å²) in [6.07, 6.45) is 0. The molecule has 3 heteroatoms. The monoisotopic (exact) mass is 161 g/mol. The van der Waals surface area contributed by atoms with Crippen LogP contribution in [-0.2, 0) is 4.79 Å². The number of rotatable bonds is 4. The minimum Gasteiger partial charge on any atom is -0.306 e. The second-order valence-corrected chi connectivity index (χ2v) is 3.51. The van der Waals surface area contributed by atoms with Crippen LogP contribution in [0, 0.1) is 0 Å². The normalized spacial score (nSPS) is 10.4. The highest BCUT2D eigenvalue weighted by atomic mass is 32.2. The minimum absolute atomic E-state index is 0.213. The van der Waals surface area contributed by atoms with Crippen molar-refractivity contribution in [3.8, 4) is 0 Å². The molecule has 0 bridgehead atoms. The molecule has 0 heterocycles. The van der Waals surface area contributed by atoms with Gasteiger partial charge in [-0.15, -0.1) is 0 Å². The van der Waals surface area contributed by atoms with E-state index in [1.165, 1.54) is 11.8 Å². The molecule has 0 aliphatic rings. The molecule has 0 aromatic carbocycles. The minimum atomic E-state index is 0.213. The molecule has 0 N–H and O–H groups in total. The average molecular weight is 161 g/mol. The maximum absolute atomic E-state index is 10.5. The Hall–Kier alpha value is -0.0200. The molecule has 0 saturated heterocycles. The summed E-state index contributed by atoms with van der Waals surface area (Å²) in [6, 6.07) is 0. The molecule has 0 aromatic rings. The quantitative estimate of drug-likeness (QED) is 0.618. The van der Waals surface area contributed by atoms with E-state index in [2.05, 4.69) is 18.9 Å². The van der Waals surface area contributed by atoms with Crippen molar-refractivity contribution in [3.63, 3.8) is 0 Å². The van der Waals surface area contributed by atoms with Crippen molar-refractivity contribution in [1.29, 1.82) is 0 Å². The Kier molecular flexibility index (Phi) is 5.73. The van der Waals surface area contributed by atoms with E-state index in [-0.39, 0.29) is 5.12 Å². The van der Waals surface area contributed by atoms with Crippen molar-refractivity contribution in [2.45, 2.75) is 13.8 Å². The summed E-state index contributed by atoms with van der Waals surface area (Å²) in [5, 5.41) is 0.213. The molecule has 0 atom stereocenters. The van der Waals surface area contributed by atoms with Crippen LogP contribution in [-0.4, -0.2) is 35.9 Å². The Morgan fingerprint density at radius 1 is 1.60 bits per heavy atom. The van der Waals surface area contributed by atoms with Crippen LogP contribution >= 0.6 is 11.8 Å². The first-order valence-electron chi connectivity index (χ1n) is 3.48. The molecular weight excluding hydrogens is 146 g/mol. The molecule has 0 saturated carbocycles. The third-order valence-electron chi connectivity index (χ3n) is 1.32. The van der Waals surface area contributed by atoms with E-state index in [0.717, 1.165) is 18.8 Å². The summed E-state index contributed by atoms with van der Waals surface area (Å²) in [7, 11) is 2.06. The van der Waals surface area contributed by atoms with Gasteiger partial charge < -0.3 is 4.90 Å². The Bertz CT molecular complexity index is 106. The largest absolute Gasteiger partial charge is 0.306 e. The first-order chi connectivity index (χ1) is 4.66. The van der Waals surface area contributed by atoms with Crippen molar-refractivity contribution in [2.24, 2.45) is 0 Å². The summed E-state index contributed by atoms with van der Waals surface area (Å²) in [5.74, 6) is 0.916. The second kappa shape index (κ2) is 5.74. The molecule has 0 radical (unpaired) electrons. The van der Waals surface area contributed by atoms with Crippen LogP contribution in [0.25, 0.3) is 0 Å². The maximum atomic E-state index is 10.5. The zero-order valence-electron chi connectivity index (χ0n) is 6.89. The molecule has 2 nitrogen and oxygen atoms in total. The lowest BCUT2D eigenvalue weighted by atomic mass is 10.6. The zero-order chi connectivity index (χ0) is 7.98. The first kappa shape index (κ1) is 9.98. The van der Waals surface area contributed by atoms with E-state index < -0.39 is 0 Å². The highest BCUT2D eigenvalue weighted by Gasteiger charge is 1.96. The van der Waals surface area contributed by atoms with Gasteiger partial charge in [0.05, 0.1) is 0 Å². The van der Waals surface area contributed by atoms with Gasteiger partial charge in [-0.1, -0.05) is 18.7 Å². The molecular formula is C7H15NOS. The fourth-order valence-corrected chi connectivity index (χ4v) is 1.19. The zero-order valence-corrected chi connectivity index (χ0v) is 7.70. The summed E-state index contributed by atoms with van der Waals surface area (Å²) >= 11 is 1.39. The third-order valence-corrected chi connectivity index (χ3v) is 2.11. The van der Waals surface area contributed by atoms with Gasteiger partial charge >= 0.3 is 0 Å². The average Bonchev–Trinajstić information content (AvgIpc) is 1.87. The van der Waals surface area contributed by atoms with Gasteiger partial charge in [-0.05, 0) is 13.6 Å². The number of carbonyl (C=O) groups excluding carboxylic acids is 1. The van der Waals surface area contributed by atoms with Gasteiger partial charge in [-0.2, -0.15) is 0 Å². The fourth-order valence-electron chi connectivity index (χ4n) is 0.503. The molecule has 0 unspecified atom stereocenters. The first-order valence-corrected chi connectivity index (χ1v) is 4.47. The molecule has 60 valence electrons. The maximum Gasteiger partial charge on any atom is 0.185 e. The smallest absolute Gasteiger partial charge is 0.185 e. The molecule has 0 aliphatic heterocycles. The summed E-state index contributed by atoms with van der Waals surface area (Å²) in [6.45, 7) is 5.77. The van der Waals surface area contributed by atoms with E-state index >= 15 is 0 Å². The van der Waals surface area contributed by atoms with Crippen LogP contribution in [0.3, 0.4) is 0 Å². The molecule has 0 amide bonds. The number of hydrogen-bond donors (Lipinski definition) is 0. The van der Waals surface area contributed by atoms with Gasteiger partial charge in [0.25, 0.3) is 0 Å². The van der Waals surface area contributed by atoms with Gasteiger partial charge in [0, 0.05) is 19.2 Å². The van der Waals surface area contributed by atoms with E-state index in [4.69, 9.17) is 0 Å². The van der Waals surface area contributed by atoms with Gasteiger partial charge in [-0.25, -0.2) is 0 Å². The molecule has 10 heavy (non-hydrogen) atoms. The highest BCUT2D eigenvalue weighted by molar-refractivity contribution is 8.13. The Balaban J connectivity index is 3.11. The van der Waals surface area contributed by atoms with Gasteiger partial charge in [0.2, 0.25) is 0 Å². The van der Waals surface area contributed by atoms with E-state index in [1.54, 1.807) is 6.92 Å². The van der Waals surface area contributed by atoms with Crippen LogP contribution in [0.2, 0.25) is 0 Å². The molecule has 0 spiro atoms. The van der Waals surface area contributed by atoms with Crippen LogP contribution in [0.15, 0.2) is 0 Å². The lowest BCUT2D eigenvalue weighted by molar-refractivity contribution is -0.109. The molecule has 0 aromatic heterocycles. The lowest BCUT2D eigenvalue weighted by Crippen LogP contribution is -2.20. The SMILES string of the molecule is CCN(C)CCSC(C)=O. The van der Waals surface area contributed by atoms with Crippen molar-refractivity contribution < 1.29 is 4.79 Å². The summed E-state index contributed by atoms with van der Waals surface area (Å²) in [5.41, 5.74) is 0. The lowest BCUT2D eigenvalue weighted by Gasteiger charge is -2.11. The Morgan fingerprint density at radius 2 is 2.20 bits per heavy atom. The molecule has 0 fully saturated rings. The highest BCUT2D eigenvalue weighted by Crippen LogP contribution is 2.00. The fraction of sp³-hybridized carbons (Fsp3) is 0.857. The topological polar surface area (TPSA) is 20.3 Å². The van der Waals surface area contributed by atoms with Crippen LogP contribution in [0.1, 0.15) is 13.8 Å². The van der Waals surface area contributed by atoms with Crippen molar-refractivity contribution >= 4 is 16.9 Å². The van der Waals surface area contributed by atoms with Crippen LogP contribution in [0.4, 0.5) is 0 Å². The van der Waals surface area contributed by atoms with E-state index in [1.807, 2.05) is 0 Å². The van der Waals surface area contributed by atoms with Gasteiger partial charge in [-0.3, -0.25) is 4.79 Å². The van der Waals surface area contributed by atoms with Crippen LogP contribution < -0.4 is 0 Å². The van der Waals surface area contributed by atoms with Crippen molar-refractivity contribution in [1.82, 2.24) is 4.90 Å². The third kappa shape index (κ3) is 6.11. The number of nitrogens with zero attached hydrogens (tertiary/aromatic N) is 1. The number of thioether (sulfide) groups is 1. The predicted octanol–water partition coefficient (Wildman–Crippen LogP) is 1.22. The van der Waals surface area contributed by atoms with Gasteiger partial charge in [0.1, 0.15) is 0 Å². The molecule has 0 aliphatic carbocycles. The molecule has 0 rings (SSSR count). The van der Waals surface area contributed by atoms with E-state index in [9.17, 15) is 4.79 Å². The Morgan fingerprint density at radius 3 is 2.60 bits per heavy atom. The van der Waals surface area contributed by atoms with Crippen molar-refractivity contribution in [3.05, 3.63) is 0 Å². The second-order valence-electron chi connectivity index (χ2n) is 2.24. The van der Waals surface area contributed by atoms with Crippen LogP contribution in [0.5, 0.6) is 0 Å². The summed E-state index contributed by atoms with van der Waals surface area (Å²) < 4.78 is 0.